The summed E-state index contributed by atoms with van der Waals surface area (Å²) < 4.78 is 0. The number of fused-ring (bicyclic) bond motifs is 1. The third-order valence-corrected chi connectivity index (χ3v) is 5.74. The second kappa shape index (κ2) is 8.96. The summed E-state index contributed by atoms with van der Waals surface area (Å²) in [5.41, 5.74) is 2.61. The highest BCUT2D eigenvalue weighted by atomic mass is 16.2. The molecule has 0 aliphatic heterocycles. The number of carbonyl (C=O) groups is 2. The van der Waals surface area contributed by atoms with Crippen LogP contribution >= 0.6 is 0 Å². The van der Waals surface area contributed by atoms with Gasteiger partial charge < -0.3 is 10.3 Å². The molecule has 6 heteroatoms. The summed E-state index contributed by atoms with van der Waals surface area (Å²) in [4.78, 5) is 42.6. The van der Waals surface area contributed by atoms with Gasteiger partial charge in [0.15, 0.2) is 5.78 Å². The third-order valence-electron chi connectivity index (χ3n) is 5.74. The minimum Gasteiger partial charge on any atom is -0.348 e. The quantitative estimate of drug-likeness (QED) is 0.735. The monoisotopic (exact) mass is 409 g/mol. The maximum absolute atomic E-state index is 12.6. The molecule has 0 atom stereocenters. The second-order valence-corrected chi connectivity index (χ2v) is 8.81. The average Bonchev–Trinajstić information content (AvgIpc) is 2.69. The summed E-state index contributed by atoms with van der Waals surface area (Å²) in [5, 5.41) is 2.80. The number of rotatable bonds is 7. The van der Waals surface area contributed by atoms with Crippen LogP contribution in [0.1, 0.15) is 71.7 Å². The van der Waals surface area contributed by atoms with Gasteiger partial charge in [0, 0.05) is 30.8 Å². The van der Waals surface area contributed by atoms with Gasteiger partial charge in [-0.05, 0) is 42.1 Å². The van der Waals surface area contributed by atoms with Crippen LogP contribution in [0.15, 0.2) is 35.1 Å². The van der Waals surface area contributed by atoms with Crippen LogP contribution in [0, 0.1) is 5.41 Å². The summed E-state index contributed by atoms with van der Waals surface area (Å²) >= 11 is 0. The van der Waals surface area contributed by atoms with Gasteiger partial charge in [0.05, 0.1) is 0 Å². The van der Waals surface area contributed by atoms with Gasteiger partial charge in [0.25, 0.3) is 11.5 Å². The molecule has 160 valence electrons. The number of aromatic amines is 1. The van der Waals surface area contributed by atoms with E-state index in [0.717, 1.165) is 25.2 Å². The molecule has 0 fully saturated rings. The maximum atomic E-state index is 12.6. The van der Waals surface area contributed by atoms with E-state index >= 15 is 0 Å². The van der Waals surface area contributed by atoms with Crippen LogP contribution in [0.3, 0.4) is 0 Å². The molecule has 3 rings (SSSR count). The van der Waals surface area contributed by atoms with E-state index in [1.165, 1.54) is 11.6 Å². The molecule has 1 aliphatic rings. The number of nitrogens with zero attached hydrogens (tertiary/aromatic N) is 1. The topological polar surface area (TPSA) is 82.3 Å². The van der Waals surface area contributed by atoms with Crippen molar-refractivity contribution in [1.29, 1.82) is 0 Å². The van der Waals surface area contributed by atoms with Crippen LogP contribution in [-0.2, 0) is 19.5 Å². The van der Waals surface area contributed by atoms with Crippen LogP contribution in [0.5, 0.6) is 0 Å². The summed E-state index contributed by atoms with van der Waals surface area (Å²) in [6.45, 7) is 11.5. The summed E-state index contributed by atoms with van der Waals surface area (Å²) in [6, 6.07) is 9.55. The Morgan fingerprint density at radius 2 is 1.70 bits per heavy atom. The minimum absolute atomic E-state index is 0.0139. The fraction of sp³-hybridized carbons (Fsp3) is 0.458. The van der Waals surface area contributed by atoms with Crippen molar-refractivity contribution >= 4 is 11.7 Å². The molecule has 1 aromatic carbocycles. The Balaban J connectivity index is 1.68. The van der Waals surface area contributed by atoms with Gasteiger partial charge in [-0.25, -0.2) is 0 Å². The number of benzene rings is 1. The van der Waals surface area contributed by atoms with Crippen molar-refractivity contribution in [3.63, 3.8) is 0 Å². The number of Topliss-reactive ketones (excluding diaryl/α,β-unsaturated/α-hetero) is 1. The number of hydrogen-bond donors (Lipinski definition) is 2. The predicted molar refractivity (Wildman–Crippen MR) is 118 cm³/mol. The van der Waals surface area contributed by atoms with Gasteiger partial charge >= 0.3 is 0 Å². The number of nitrogens with one attached hydrogen (secondary N) is 2. The molecule has 0 radical (unpaired) electrons. The van der Waals surface area contributed by atoms with E-state index < -0.39 is 11.5 Å². The smallest absolute Gasteiger partial charge is 0.261 e. The SMILES string of the molecule is CCN(CC)Cc1ccc(CNC(=O)c2cc3c([nH]c2=O)CC(C)(C)CC3=O)cc1. The predicted octanol–water partition coefficient (Wildman–Crippen LogP) is 3.30. The number of aromatic nitrogens is 1. The highest BCUT2D eigenvalue weighted by Gasteiger charge is 2.32. The van der Waals surface area contributed by atoms with Gasteiger partial charge in [0.2, 0.25) is 0 Å². The fourth-order valence-electron chi connectivity index (χ4n) is 3.94. The molecule has 1 aliphatic carbocycles. The first kappa shape index (κ1) is 22.0. The van der Waals surface area contributed by atoms with Crippen molar-refractivity contribution in [2.45, 2.75) is 53.6 Å². The number of ketones is 1. The lowest BCUT2D eigenvalue weighted by molar-refractivity contribution is 0.0910. The number of H-pyrrole nitrogens is 1. The largest absolute Gasteiger partial charge is 0.348 e. The molecule has 1 heterocycles. The molecule has 0 unspecified atom stereocenters. The number of pyridine rings is 1. The Kier molecular flexibility index (Phi) is 6.56. The molecule has 1 aromatic heterocycles. The Bertz CT molecular complexity index is 986. The van der Waals surface area contributed by atoms with E-state index in [0.29, 0.717) is 30.6 Å². The van der Waals surface area contributed by atoms with Gasteiger partial charge in [-0.1, -0.05) is 52.0 Å². The van der Waals surface area contributed by atoms with Crippen LogP contribution in [-0.4, -0.2) is 34.7 Å². The van der Waals surface area contributed by atoms with E-state index in [4.69, 9.17) is 0 Å². The van der Waals surface area contributed by atoms with Crippen molar-refractivity contribution in [2.75, 3.05) is 13.1 Å². The van der Waals surface area contributed by atoms with E-state index in [1.54, 1.807) is 0 Å². The molecule has 0 bridgehead atoms. The lowest BCUT2D eigenvalue weighted by Gasteiger charge is -2.29. The fourth-order valence-corrected chi connectivity index (χ4v) is 3.94. The van der Waals surface area contributed by atoms with Crippen LogP contribution in [0.25, 0.3) is 0 Å². The first-order valence-electron chi connectivity index (χ1n) is 10.6. The lowest BCUT2D eigenvalue weighted by atomic mass is 9.75. The van der Waals surface area contributed by atoms with Crippen molar-refractivity contribution in [2.24, 2.45) is 5.41 Å². The van der Waals surface area contributed by atoms with Gasteiger partial charge in [-0.2, -0.15) is 0 Å². The number of amides is 1. The van der Waals surface area contributed by atoms with Crippen LogP contribution in [0.2, 0.25) is 0 Å². The van der Waals surface area contributed by atoms with Crippen molar-refractivity contribution in [1.82, 2.24) is 15.2 Å². The molecule has 2 N–H and O–H groups in total. The molecule has 0 saturated heterocycles. The molecular formula is C24H31N3O3. The van der Waals surface area contributed by atoms with Gasteiger partial charge in [-0.3, -0.25) is 19.3 Å². The van der Waals surface area contributed by atoms with Gasteiger partial charge in [-0.15, -0.1) is 0 Å². The Hall–Kier alpha value is -2.73. The standard InChI is InChI=1S/C24H31N3O3/c1-5-27(6-2)15-17-9-7-16(8-10-17)14-25-22(29)19-11-18-20(26-23(19)30)12-24(3,4)13-21(18)28/h7-11H,5-6,12-15H2,1-4H3,(H,25,29)(H,26,30). The zero-order valence-electron chi connectivity index (χ0n) is 18.3. The average molecular weight is 410 g/mol. The van der Waals surface area contributed by atoms with Crippen LogP contribution < -0.4 is 10.9 Å². The van der Waals surface area contributed by atoms with E-state index in [-0.39, 0.29) is 16.8 Å². The van der Waals surface area contributed by atoms with E-state index in [1.807, 2.05) is 26.0 Å². The molecule has 2 aromatic rings. The zero-order chi connectivity index (χ0) is 21.9. The summed E-state index contributed by atoms with van der Waals surface area (Å²) in [5.74, 6) is -0.501. The first-order chi connectivity index (χ1) is 14.2. The Labute approximate surface area is 177 Å². The molecule has 0 saturated carbocycles. The number of hydrogen-bond acceptors (Lipinski definition) is 4. The maximum Gasteiger partial charge on any atom is 0.261 e. The Morgan fingerprint density at radius 1 is 1.07 bits per heavy atom. The highest BCUT2D eigenvalue weighted by molar-refractivity contribution is 6.02. The van der Waals surface area contributed by atoms with Crippen molar-refractivity contribution < 1.29 is 9.59 Å². The second-order valence-electron chi connectivity index (χ2n) is 8.81. The zero-order valence-corrected chi connectivity index (χ0v) is 18.3. The van der Waals surface area contributed by atoms with Crippen molar-refractivity contribution in [3.8, 4) is 0 Å². The summed E-state index contributed by atoms with van der Waals surface area (Å²) in [6.07, 6.45) is 1.03. The molecular weight excluding hydrogens is 378 g/mol. The normalized spacial score (nSPS) is 15.2. The van der Waals surface area contributed by atoms with Crippen molar-refractivity contribution in [3.05, 3.63) is 68.6 Å². The lowest BCUT2D eigenvalue weighted by Crippen LogP contribution is -2.34. The highest BCUT2D eigenvalue weighted by Crippen LogP contribution is 2.33. The van der Waals surface area contributed by atoms with E-state index in [9.17, 15) is 14.4 Å². The minimum atomic E-state index is -0.469. The van der Waals surface area contributed by atoms with Crippen LogP contribution in [0.4, 0.5) is 0 Å². The first-order valence-corrected chi connectivity index (χ1v) is 10.6. The molecule has 6 nitrogen and oxygen atoms in total. The van der Waals surface area contributed by atoms with E-state index in [2.05, 4.69) is 41.2 Å². The third kappa shape index (κ3) is 5.05. The molecule has 0 spiro atoms. The summed E-state index contributed by atoms with van der Waals surface area (Å²) in [7, 11) is 0. The van der Waals surface area contributed by atoms with Gasteiger partial charge in [0.1, 0.15) is 5.56 Å². The molecule has 1 amide bonds. The molecule has 30 heavy (non-hydrogen) atoms. The Morgan fingerprint density at radius 3 is 2.33 bits per heavy atom. The number of carbonyl (C=O) groups excluding carboxylic acids is 2.